The Hall–Kier alpha value is -0.450. The third-order valence-corrected chi connectivity index (χ3v) is 2.47. The SMILES string of the molecule is CCNC(COC)c1cncs1. The second-order valence-corrected chi connectivity index (χ2v) is 3.39. The van der Waals surface area contributed by atoms with Crippen LogP contribution in [-0.4, -0.2) is 25.2 Å². The number of aromatic nitrogens is 1. The minimum Gasteiger partial charge on any atom is -0.383 e. The van der Waals surface area contributed by atoms with Gasteiger partial charge in [-0.15, -0.1) is 11.3 Å². The van der Waals surface area contributed by atoms with Gasteiger partial charge in [-0.1, -0.05) is 6.92 Å². The highest BCUT2D eigenvalue weighted by Crippen LogP contribution is 2.16. The molecule has 0 aliphatic heterocycles. The van der Waals surface area contributed by atoms with Crippen molar-refractivity contribution >= 4 is 11.3 Å². The predicted octanol–water partition coefficient (Wildman–Crippen LogP) is 1.44. The first-order chi connectivity index (χ1) is 5.88. The minimum atomic E-state index is 0.299. The summed E-state index contributed by atoms with van der Waals surface area (Å²) in [6.07, 6.45) is 1.89. The van der Waals surface area contributed by atoms with E-state index in [1.165, 1.54) is 4.88 Å². The lowest BCUT2D eigenvalue weighted by Gasteiger charge is -2.13. The maximum atomic E-state index is 5.10. The highest BCUT2D eigenvalue weighted by atomic mass is 32.1. The molecular weight excluding hydrogens is 172 g/mol. The highest BCUT2D eigenvalue weighted by molar-refractivity contribution is 7.09. The van der Waals surface area contributed by atoms with Crippen molar-refractivity contribution in [3.63, 3.8) is 0 Å². The fourth-order valence-electron chi connectivity index (χ4n) is 1.05. The molecule has 1 rings (SSSR count). The van der Waals surface area contributed by atoms with Crippen LogP contribution >= 0.6 is 11.3 Å². The molecule has 4 heteroatoms. The fraction of sp³-hybridized carbons (Fsp3) is 0.625. The molecule has 1 heterocycles. The van der Waals surface area contributed by atoms with Crippen LogP contribution in [0.3, 0.4) is 0 Å². The summed E-state index contributed by atoms with van der Waals surface area (Å²) in [5.41, 5.74) is 1.84. The van der Waals surface area contributed by atoms with Crippen LogP contribution in [0.25, 0.3) is 0 Å². The first-order valence-corrected chi connectivity index (χ1v) is 4.87. The molecule has 0 aromatic carbocycles. The van der Waals surface area contributed by atoms with E-state index in [1.807, 2.05) is 11.7 Å². The lowest BCUT2D eigenvalue weighted by atomic mass is 10.3. The van der Waals surface area contributed by atoms with Gasteiger partial charge >= 0.3 is 0 Å². The molecule has 0 saturated heterocycles. The Morgan fingerprint density at radius 1 is 1.75 bits per heavy atom. The summed E-state index contributed by atoms with van der Waals surface area (Å²) in [6, 6.07) is 0.299. The average molecular weight is 186 g/mol. The van der Waals surface area contributed by atoms with Crippen LogP contribution in [0.5, 0.6) is 0 Å². The molecule has 68 valence electrons. The van der Waals surface area contributed by atoms with Crippen molar-refractivity contribution < 1.29 is 4.74 Å². The van der Waals surface area contributed by atoms with E-state index in [0.717, 1.165) is 6.54 Å². The van der Waals surface area contributed by atoms with E-state index < -0.39 is 0 Å². The van der Waals surface area contributed by atoms with Crippen molar-refractivity contribution in [2.75, 3.05) is 20.3 Å². The number of ether oxygens (including phenoxy) is 1. The molecule has 1 unspecified atom stereocenters. The quantitative estimate of drug-likeness (QED) is 0.755. The van der Waals surface area contributed by atoms with Gasteiger partial charge in [0.1, 0.15) is 0 Å². The number of hydrogen-bond acceptors (Lipinski definition) is 4. The van der Waals surface area contributed by atoms with Crippen molar-refractivity contribution in [2.24, 2.45) is 0 Å². The molecule has 0 saturated carbocycles. The van der Waals surface area contributed by atoms with Crippen LogP contribution in [0.4, 0.5) is 0 Å². The van der Waals surface area contributed by atoms with Gasteiger partial charge in [-0.3, -0.25) is 4.98 Å². The molecule has 3 nitrogen and oxygen atoms in total. The zero-order valence-electron chi connectivity index (χ0n) is 7.41. The van der Waals surface area contributed by atoms with E-state index in [0.29, 0.717) is 12.6 Å². The van der Waals surface area contributed by atoms with Gasteiger partial charge in [-0.25, -0.2) is 0 Å². The van der Waals surface area contributed by atoms with Crippen LogP contribution < -0.4 is 5.32 Å². The molecule has 1 aromatic rings. The molecule has 1 atom stereocenters. The van der Waals surface area contributed by atoms with Gasteiger partial charge in [0.2, 0.25) is 0 Å². The van der Waals surface area contributed by atoms with Gasteiger partial charge in [0.25, 0.3) is 0 Å². The fourth-order valence-corrected chi connectivity index (χ4v) is 1.73. The molecule has 0 amide bonds. The standard InChI is InChI=1S/C8H14N2OS/c1-3-10-7(5-11-2)8-4-9-6-12-8/h4,6-7,10H,3,5H2,1-2H3. The van der Waals surface area contributed by atoms with Crippen molar-refractivity contribution in [2.45, 2.75) is 13.0 Å². The first-order valence-electron chi connectivity index (χ1n) is 3.99. The van der Waals surface area contributed by atoms with Gasteiger partial charge in [-0.2, -0.15) is 0 Å². The smallest absolute Gasteiger partial charge is 0.0794 e. The molecule has 1 N–H and O–H groups in total. The summed E-state index contributed by atoms with van der Waals surface area (Å²) in [5, 5.41) is 3.33. The Morgan fingerprint density at radius 2 is 2.58 bits per heavy atom. The zero-order chi connectivity index (χ0) is 8.81. The second-order valence-electron chi connectivity index (χ2n) is 2.47. The van der Waals surface area contributed by atoms with E-state index in [-0.39, 0.29) is 0 Å². The molecule has 0 bridgehead atoms. The topological polar surface area (TPSA) is 34.1 Å². The largest absolute Gasteiger partial charge is 0.383 e. The molecule has 0 aliphatic rings. The lowest BCUT2D eigenvalue weighted by molar-refractivity contribution is 0.169. The molecule has 1 aromatic heterocycles. The van der Waals surface area contributed by atoms with Gasteiger partial charge < -0.3 is 10.1 Å². The number of methoxy groups -OCH3 is 1. The lowest BCUT2D eigenvalue weighted by Crippen LogP contribution is -2.23. The molecule has 0 fully saturated rings. The third-order valence-electron chi connectivity index (χ3n) is 1.58. The number of nitrogens with one attached hydrogen (secondary N) is 1. The summed E-state index contributed by atoms with van der Waals surface area (Å²) < 4.78 is 5.10. The molecule has 12 heavy (non-hydrogen) atoms. The van der Waals surface area contributed by atoms with Gasteiger partial charge in [-0.05, 0) is 6.54 Å². The molecular formula is C8H14N2OS. The Bertz CT molecular complexity index is 195. The number of thiazole rings is 1. The Kier molecular flexibility index (Phi) is 4.21. The average Bonchev–Trinajstić information content (AvgIpc) is 2.56. The van der Waals surface area contributed by atoms with Crippen LogP contribution in [0.1, 0.15) is 17.8 Å². The van der Waals surface area contributed by atoms with Crippen LogP contribution in [0.2, 0.25) is 0 Å². The van der Waals surface area contributed by atoms with E-state index in [1.54, 1.807) is 18.4 Å². The third kappa shape index (κ3) is 2.55. The molecule has 0 radical (unpaired) electrons. The minimum absolute atomic E-state index is 0.299. The Labute approximate surface area is 76.8 Å². The van der Waals surface area contributed by atoms with Crippen LogP contribution in [0, 0.1) is 0 Å². The summed E-state index contributed by atoms with van der Waals surface area (Å²) in [6.45, 7) is 3.74. The predicted molar refractivity (Wildman–Crippen MR) is 50.4 cm³/mol. The summed E-state index contributed by atoms with van der Waals surface area (Å²) in [5.74, 6) is 0. The van der Waals surface area contributed by atoms with Crippen molar-refractivity contribution in [1.82, 2.24) is 10.3 Å². The summed E-state index contributed by atoms with van der Waals surface area (Å²) in [4.78, 5) is 5.27. The maximum absolute atomic E-state index is 5.10. The molecule has 0 spiro atoms. The first kappa shape index (κ1) is 9.64. The zero-order valence-corrected chi connectivity index (χ0v) is 8.23. The number of nitrogens with zero attached hydrogens (tertiary/aromatic N) is 1. The van der Waals surface area contributed by atoms with E-state index in [9.17, 15) is 0 Å². The van der Waals surface area contributed by atoms with Crippen molar-refractivity contribution in [3.8, 4) is 0 Å². The monoisotopic (exact) mass is 186 g/mol. The number of hydrogen-bond donors (Lipinski definition) is 1. The van der Waals surface area contributed by atoms with Gasteiger partial charge in [0.15, 0.2) is 0 Å². The maximum Gasteiger partial charge on any atom is 0.0794 e. The summed E-state index contributed by atoms with van der Waals surface area (Å²) >= 11 is 1.66. The van der Waals surface area contributed by atoms with Crippen molar-refractivity contribution in [1.29, 1.82) is 0 Å². The second kappa shape index (κ2) is 5.24. The number of likely N-dealkylation sites (N-methyl/N-ethyl adjacent to an activating group) is 1. The number of rotatable bonds is 5. The van der Waals surface area contributed by atoms with Gasteiger partial charge in [0, 0.05) is 18.2 Å². The molecule has 0 aliphatic carbocycles. The Morgan fingerprint density at radius 3 is 3.08 bits per heavy atom. The normalized spacial score (nSPS) is 13.2. The van der Waals surface area contributed by atoms with Crippen LogP contribution in [-0.2, 0) is 4.74 Å². The van der Waals surface area contributed by atoms with E-state index in [4.69, 9.17) is 4.74 Å². The van der Waals surface area contributed by atoms with Gasteiger partial charge in [0.05, 0.1) is 18.2 Å². The van der Waals surface area contributed by atoms with Crippen molar-refractivity contribution in [3.05, 3.63) is 16.6 Å². The Balaban J connectivity index is 2.53. The van der Waals surface area contributed by atoms with E-state index >= 15 is 0 Å². The van der Waals surface area contributed by atoms with E-state index in [2.05, 4.69) is 17.2 Å². The highest BCUT2D eigenvalue weighted by Gasteiger charge is 2.10. The van der Waals surface area contributed by atoms with Crippen LogP contribution in [0.15, 0.2) is 11.7 Å². The summed E-state index contributed by atoms with van der Waals surface area (Å²) in [7, 11) is 1.71.